The van der Waals surface area contributed by atoms with E-state index in [4.69, 9.17) is 0 Å². The number of benzene rings is 2. The van der Waals surface area contributed by atoms with E-state index in [-0.39, 0.29) is 5.56 Å². The lowest BCUT2D eigenvalue weighted by atomic mass is 10.0. The number of hydrogen-bond donors (Lipinski definition) is 0. The SMILES string of the molecule is Fc1cccc(CC(Br)c2ccc(F)c(C(F)(F)F)c2)c1. The first kappa shape index (κ1) is 15.9. The lowest BCUT2D eigenvalue weighted by molar-refractivity contribution is -0.140. The van der Waals surface area contributed by atoms with Crippen LogP contribution in [-0.4, -0.2) is 0 Å². The minimum Gasteiger partial charge on any atom is -0.207 e. The van der Waals surface area contributed by atoms with Crippen molar-refractivity contribution in [2.24, 2.45) is 0 Å². The standard InChI is InChI=1S/C15H10BrF5/c16-13(7-9-2-1-3-11(17)6-9)10-4-5-14(18)12(8-10)15(19,20)21/h1-6,8,13H,7H2. The van der Waals surface area contributed by atoms with Crippen LogP contribution in [0.15, 0.2) is 42.5 Å². The van der Waals surface area contributed by atoms with Crippen LogP contribution in [0.3, 0.4) is 0 Å². The summed E-state index contributed by atoms with van der Waals surface area (Å²) in [6.45, 7) is 0. The zero-order chi connectivity index (χ0) is 15.6. The monoisotopic (exact) mass is 364 g/mol. The molecule has 0 aromatic heterocycles. The first-order chi connectivity index (χ1) is 9.77. The van der Waals surface area contributed by atoms with Gasteiger partial charge in [-0.1, -0.05) is 34.1 Å². The van der Waals surface area contributed by atoms with Crippen molar-refractivity contribution in [1.82, 2.24) is 0 Å². The van der Waals surface area contributed by atoms with Crippen molar-refractivity contribution in [1.29, 1.82) is 0 Å². The molecule has 0 aliphatic heterocycles. The van der Waals surface area contributed by atoms with Crippen LogP contribution in [0.1, 0.15) is 21.5 Å². The molecule has 0 saturated carbocycles. The van der Waals surface area contributed by atoms with Crippen molar-refractivity contribution in [3.8, 4) is 0 Å². The van der Waals surface area contributed by atoms with E-state index in [0.29, 0.717) is 12.0 Å². The van der Waals surface area contributed by atoms with E-state index < -0.39 is 28.2 Å². The van der Waals surface area contributed by atoms with E-state index in [1.165, 1.54) is 24.3 Å². The second-order valence-corrected chi connectivity index (χ2v) is 5.64. The Morgan fingerprint density at radius 1 is 1.00 bits per heavy atom. The van der Waals surface area contributed by atoms with Gasteiger partial charge in [-0.25, -0.2) is 8.78 Å². The Balaban J connectivity index is 2.25. The molecule has 2 aromatic carbocycles. The first-order valence-corrected chi connectivity index (χ1v) is 6.94. The van der Waals surface area contributed by atoms with Crippen LogP contribution in [-0.2, 0) is 12.6 Å². The molecule has 0 spiro atoms. The smallest absolute Gasteiger partial charge is 0.207 e. The highest BCUT2D eigenvalue weighted by molar-refractivity contribution is 9.09. The summed E-state index contributed by atoms with van der Waals surface area (Å²) in [5.74, 6) is -1.72. The highest BCUT2D eigenvalue weighted by Gasteiger charge is 2.34. The van der Waals surface area contributed by atoms with Crippen LogP contribution in [0.5, 0.6) is 0 Å². The number of alkyl halides is 4. The van der Waals surface area contributed by atoms with Gasteiger partial charge in [0.1, 0.15) is 11.6 Å². The molecule has 1 atom stereocenters. The highest BCUT2D eigenvalue weighted by Crippen LogP contribution is 2.35. The van der Waals surface area contributed by atoms with Crippen molar-refractivity contribution >= 4 is 15.9 Å². The van der Waals surface area contributed by atoms with Gasteiger partial charge in [0.25, 0.3) is 0 Å². The minimum atomic E-state index is -4.74. The molecular weight excluding hydrogens is 355 g/mol. The zero-order valence-electron chi connectivity index (χ0n) is 10.6. The van der Waals surface area contributed by atoms with E-state index in [2.05, 4.69) is 15.9 Å². The molecule has 21 heavy (non-hydrogen) atoms. The summed E-state index contributed by atoms with van der Waals surface area (Å²) in [5.41, 5.74) is -0.383. The molecule has 2 aromatic rings. The van der Waals surface area contributed by atoms with Gasteiger partial charge < -0.3 is 0 Å². The zero-order valence-corrected chi connectivity index (χ0v) is 12.2. The first-order valence-electron chi connectivity index (χ1n) is 6.02. The molecule has 0 radical (unpaired) electrons. The molecule has 0 heterocycles. The summed E-state index contributed by atoms with van der Waals surface area (Å²) in [6, 6.07) is 8.63. The van der Waals surface area contributed by atoms with Crippen LogP contribution >= 0.6 is 15.9 Å². The van der Waals surface area contributed by atoms with Crippen LogP contribution < -0.4 is 0 Å². The number of hydrogen-bond acceptors (Lipinski definition) is 0. The Morgan fingerprint density at radius 3 is 2.33 bits per heavy atom. The van der Waals surface area contributed by atoms with Crippen LogP contribution in [0.25, 0.3) is 0 Å². The van der Waals surface area contributed by atoms with Gasteiger partial charge in [-0.15, -0.1) is 0 Å². The molecule has 0 fully saturated rings. The van der Waals surface area contributed by atoms with Gasteiger partial charge >= 0.3 is 6.18 Å². The lowest BCUT2D eigenvalue weighted by Gasteiger charge is -2.14. The van der Waals surface area contributed by atoms with Crippen molar-refractivity contribution in [3.63, 3.8) is 0 Å². The number of halogens is 6. The third-order valence-electron chi connectivity index (χ3n) is 2.96. The van der Waals surface area contributed by atoms with Crippen LogP contribution in [0.2, 0.25) is 0 Å². The summed E-state index contributed by atoms with van der Waals surface area (Å²) in [6.07, 6.45) is -4.45. The molecule has 1 unspecified atom stereocenters. The van der Waals surface area contributed by atoms with Gasteiger partial charge in [0.15, 0.2) is 0 Å². The molecule has 112 valence electrons. The fraction of sp³-hybridized carbons (Fsp3) is 0.200. The third kappa shape index (κ3) is 4.03. The molecule has 6 heteroatoms. The average Bonchev–Trinajstić information content (AvgIpc) is 2.37. The quantitative estimate of drug-likeness (QED) is 0.486. The predicted molar refractivity (Wildman–Crippen MR) is 73.2 cm³/mol. The Labute approximate surface area is 126 Å². The molecule has 0 bridgehead atoms. The second-order valence-electron chi connectivity index (χ2n) is 4.54. The van der Waals surface area contributed by atoms with Gasteiger partial charge in [0, 0.05) is 4.83 Å². The Morgan fingerprint density at radius 2 is 1.71 bits per heavy atom. The summed E-state index contributed by atoms with van der Waals surface area (Å²) in [7, 11) is 0. The molecule has 2 rings (SSSR count). The molecule has 0 aliphatic rings. The third-order valence-corrected chi connectivity index (χ3v) is 3.81. The van der Waals surface area contributed by atoms with Gasteiger partial charge in [0.05, 0.1) is 5.56 Å². The Kier molecular flexibility index (Phi) is 4.66. The summed E-state index contributed by atoms with van der Waals surface area (Å²) in [5, 5.41) is 0. The summed E-state index contributed by atoms with van der Waals surface area (Å²) >= 11 is 3.26. The summed E-state index contributed by atoms with van der Waals surface area (Å²) in [4.78, 5) is -0.471. The van der Waals surface area contributed by atoms with Gasteiger partial charge in [0.2, 0.25) is 0 Å². The fourth-order valence-corrected chi connectivity index (χ4v) is 2.60. The molecule has 0 N–H and O–H groups in total. The summed E-state index contributed by atoms with van der Waals surface area (Å²) < 4.78 is 64.3. The highest BCUT2D eigenvalue weighted by atomic mass is 79.9. The fourth-order valence-electron chi connectivity index (χ4n) is 1.94. The maximum atomic E-state index is 13.2. The van der Waals surface area contributed by atoms with Gasteiger partial charge in [-0.3, -0.25) is 0 Å². The van der Waals surface area contributed by atoms with E-state index in [1.54, 1.807) is 6.07 Å². The van der Waals surface area contributed by atoms with E-state index in [1.807, 2.05) is 0 Å². The van der Waals surface area contributed by atoms with E-state index in [9.17, 15) is 22.0 Å². The number of rotatable bonds is 3. The second kappa shape index (κ2) is 6.13. The van der Waals surface area contributed by atoms with Crippen molar-refractivity contribution < 1.29 is 22.0 Å². The van der Waals surface area contributed by atoms with Gasteiger partial charge in [-0.05, 0) is 41.8 Å². The van der Waals surface area contributed by atoms with Gasteiger partial charge in [-0.2, -0.15) is 13.2 Å². The lowest BCUT2D eigenvalue weighted by Crippen LogP contribution is -2.09. The predicted octanol–water partition coefficient (Wildman–Crippen LogP) is 5.66. The van der Waals surface area contributed by atoms with E-state index in [0.717, 1.165) is 12.1 Å². The Bertz CT molecular complexity index is 636. The maximum Gasteiger partial charge on any atom is 0.419 e. The van der Waals surface area contributed by atoms with Crippen molar-refractivity contribution in [2.45, 2.75) is 17.4 Å². The normalized spacial score (nSPS) is 13.2. The molecule has 0 saturated heterocycles. The van der Waals surface area contributed by atoms with Crippen molar-refractivity contribution in [3.05, 3.63) is 70.8 Å². The molecule has 0 aliphatic carbocycles. The topological polar surface area (TPSA) is 0 Å². The average molecular weight is 365 g/mol. The maximum absolute atomic E-state index is 13.2. The molecule has 0 amide bonds. The van der Waals surface area contributed by atoms with Crippen LogP contribution in [0, 0.1) is 11.6 Å². The Hall–Kier alpha value is -1.43. The molecular formula is C15H10BrF5. The largest absolute Gasteiger partial charge is 0.419 e. The molecule has 0 nitrogen and oxygen atoms in total. The van der Waals surface area contributed by atoms with Crippen LogP contribution in [0.4, 0.5) is 22.0 Å². The minimum absolute atomic E-state index is 0.285. The van der Waals surface area contributed by atoms with Crippen molar-refractivity contribution in [2.75, 3.05) is 0 Å². The van der Waals surface area contributed by atoms with E-state index >= 15 is 0 Å².